The standard InChI is InChI=1S/C26H40N4O3Si/c1-26(2,3)34(5,6)33-21-13-19(11-18(21)15-31)29-23-14-24(28-16-27-23)30-25-20-10-8-7-9-17(20)12-22(25)32-4/h7-10,14,16,18-19,21-22,25,31H,11-13,15H2,1-6H3,(H2,27,28,29,30)/t18-,19+,21-,22-,25+/m1/s1. The number of fused-ring (bicyclic) bond motifs is 1. The predicted molar refractivity (Wildman–Crippen MR) is 139 cm³/mol. The fourth-order valence-corrected chi connectivity index (χ4v) is 6.33. The van der Waals surface area contributed by atoms with Gasteiger partial charge in [-0.1, -0.05) is 45.0 Å². The van der Waals surface area contributed by atoms with Gasteiger partial charge < -0.3 is 24.9 Å². The van der Waals surface area contributed by atoms with Gasteiger partial charge in [0.05, 0.1) is 18.2 Å². The molecular formula is C26H40N4O3Si. The van der Waals surface area contributed by atoms with E-state index in [-0.39, 0.29) is 41.9 Å². The molecule has 0 amide bonds. The van der Waals surface area contributed by atoms with Crippen molar-refractivity contribution in [3.63, 3.8) is 0 Å². The SMILES string of the molecule is CO[C@@H]1Cc2ccccc2[C@@H]1Nc1cc(N[C@H]2C[C@H](CO)[C@H](O[Si](C)(C)C(C)(C)C)C2)ncn1. The van der Waals surface area contributed by atoms with E-state index in [4.69, 9.17) is 9.16 Å². The summed E-state index contributed by atoms with van der Waals surface area (Å²) >= 11 is 0. The molecule has 0 radical (unpaired) electrons. The van der Waals surface area contributed by atoms with Gasteiger partial charge >= 0.3 is 0 Å². The van der Waals surface area contributed by atoms with Gasteiger partial charge in [-0.25, -0.2) is 9.97 Å². The molecule has 2 aliphatic carbocycles. The topological polar surface area (TPSA) is 88.5 Å². The van der Waals surface area contributed by atoms with Gasteiger partial charge in [0.2, 0.25) is 0 Å². The number of anilines is 2. The third-order valence-corrected chi connectivity index (χ3v) is 12.4. The Bertz CT molecular complexity index is 981. The Morgan fingerprint density at radius 1 is 1.06 bits per heavy atom. The van der Waals surface area contributed by atoms with Crippen LogP contribution < -0.4 is 10.6 Å². The molecule has 1 aromatic heterocycles. The van der Waals surface area contributed by atoms with E-state index in [1.807, 2.05) is 6.07 Å². The molecule has 0 unspecified atom stereocenters. The van der Waals surface area contributed by atoms with Crippen LogP contribution >= 0.6 is 0 Å². The lowest BCUT2D eigenvalue weighted by atomic mass is 10.1. The van der Waals surface area contributed by atoms with E-state index in [0.717, 1.165) is 30.9 Å². The van der Waals surface area contributed by atoms with Gasteiger partial charge in [-0.3, -0.25) is 0 Å². The minimum Gasteiger partial charge on any atom is -0.413 e. The summed E-state index contributed by atoms with van der Waals surface area (Å²) in [5, 5.41) is 17.3. The van der Waals surface area contributed by atoms with Crippen molar-refractivity contribution in [1.29, 1.82) is 0 Å². The zero-order valence-corrected chi connectivity index (χ0v) is 22.3. The lowest BCUT2D eigenvalue weighted by molar-refractivity contribution is 0.0959. The molecule has 8 heteroatoms. The first-order valence-electron chi connectivity index (χ1n) is 12.4. The monoisotopic (exact) mass is 484 g/mol. The van der Waals surface area contributed by atoms with Gasteiger partial charge in [0, 0.05) is 38.2 Å². The molecule has 7 nitrogen and oxygen atoms in total. The quantitative estimate of drug-likeness (QED) is 0.465. The Balaban J connectivity index is 1.43. The fourth-order valence-electron chi connectivity index (χ4n) is 4.93. The van der Waals surface area contributed by atoms with Crippen LogP contribution in [0.25, 0.3) is 0 Å². The maximum atomic E-state index is 10.0. The molecule has 0 bridgehead atoms. The highest BCUT2D eigenvalue weighted by Gasteiger charge is 2.44. The van der Waals surface area contributed by atoms with Crippen LogP contribution in [0, 0.1) is 5.92 Å². The largest absolute Gasteiger partial charge is 0.413 e. The zero-order chi connectivity index (χ0) is 24.5. The first-order valence-corrected chi connectivity index (χ1v) is 15.3. The number of nitrogens with zero attached hydrogens (tertiary/aromatic N) is 2. The number of aliphatic hydroxyl groups excluding tert-OH is 1. The van der Waals surface area contributed by atoms with Crippen molar-refractivity contribution < 1.29 is 14.3 Å². The number of hydrogen-bond acceptors (Lipinski definition) is 7. The van der Waals surface area contributed by atoms with Gasteiger partial charge in [0.15, 0.2) is 8.32 Å². The Morgan fingerprint density at radius 3 is 2.44 bits per heavy atom. The molecule has 1 fully saturated rings. The number of nitrogens with one attached hydrogen (secondary N) is 2. The number of rotatable bonds is 8. The van der Waals surface area contributed by atoms with Gasteiger partial charge in [0.1, 0.15) is 18.0 Å². The van der Waals surface area contributed by atoms with Crippen molar-refractivity contribution >= 4 is 20.0 Å². The molecular weight excluding hydrogens is 444 g/mol. The van der Waals surface area contributed by atoms with Crippen LogP contribution in [0.3, 0.4) is 0 Å². The minimum absolute atomic E-state index is 0.0524. The molecule has 5 atom stereocenters. The maximum absolute atomic E-state index is 10.0. The van der Waals surface area contributed by atoms with Crippen LogP contribution in [0.5, 0.6) is 0 Å². The Hall–Kier alpha value is -2.00. The van der Waals surface area contributed by atoms with Gasteiger partial charge in [-0.05, 0) is 42.1 Å². The maximum Gasteiger partial charge on any atom is 0.192 e. The van der Waals surface area contributed by atoms with Crippen molar-refractivity contribution in [3.8, 4) is 0 Å². The van der Waals surface area contributed by atoms with Crippen LogP contribution in [0.2, 0.25) is 18.1 Å². The van der Waals surface area contributed by atoms with Crippen LogP contribution in [-0.4, -0.2) is 55.4 Å². The highest BCUT2D eigenvalue weighted by atomic mass is 28.4. The van der Waals surface area contributed by atoms with E-state index >= 15 is 0 Å². The number of methoxy groups -OCH3 is 1. The summed E-state index contributed by atoms with van der Waals surface area (Å²) in [7, 11) is -0.143. The Kier molecular flexibility index (Phi) is 7.33. The Labute approximate surface area is 204 Å². The molecule has 0 aliphatic heterocycles. The van der Waals surface area contributed by atoms with Crippen LogP contribution in [-0.2, 0) is 15.6 Å². The van der Waals surface area contributed by atoms with Gasteiger partial charge in [-0.2, -0.15) is 0 Å². The molecule has 0 spiro atoms. The molecule has 1 saturated carbocycles. The third kappa shape index (κ3) is 5.30. The first kappa shape index (κ1) is 25.1. The molecule has 3 N–H and O–H groups in total. The van der Waals surface area contributed by atoms with Gasteiger partial charge in [-0.15, -0.1) is 0 Å². The number of aliphatic hydroxyl groups is 1. The van der Waals surface area contributed by atoms with Crippen LogP contribution in [0.15, 0.2) is 36.7 Å². The van der Waals surface area contributed by atoms with Crippen LogP contribution in [0.1, 0.15) is 50.8 Å². The van der Waals surface area contributed by atoms with Crippen molar-refractivity contribution in [2.45, 2.75) is 82.5 Å². The highest BCUT2D eigenvalue weighted by Crippen LogP contribution is 2.41. The van der Waals surface area contributed by atoms with E-state index in [9.17, 15) is 5.11 Å². The van der Waals surface area contributed by atoms with Crippen molar-refractivity contribution in [2.75, 3.05) is 24.4 Å². The lowest BCUT2D eigenvalue weighted by Gasteiger charge is -2.39. The molecule has 4 rings (SSSR count). The first-order chi connectivity index (χ1) is 16.1. The molecule has 34 heavy (non-hydrogen) atoms. The number of ether oxygens (including phenoxy) is 1. The molecule has 186 valence electrons. The smallest absolute Gasteiger partial charge is 0.192 e. The average Bonchev–Trinajstić information content (AvgIpc) is 3.33. The molecule has 0 saturated heterocycles. The van der Waals surface area contributed by atoms with E-state index < -0.39 is 8.32 Å². The van der Waals surface area contributed by atoms with E-state index in [0.29, 0.717) is 0 Å². The average molecular weight is 485 g/mol. The minimum atomic E-state index is -1.91. The normalized spacial score (nSPS) is 27.0. The molecule has 2 aromatic rings. The number of benzene rings is 1. The second kappa shape index (κ2) is 9.93. The Morgan fingerprint density at radius 2 is 1.76 bits per heavy atom. The summed E-state index contributed by atoms with van der Waals surface area (Å²) in [6.07, 6.45) is 4.35. The van der Waals surface area contributed by atoms with Crippen molar-refractivity contribution in [3.05, 3.63) is 47.8 Å². The summed E-state index contributed by atoms with van der Waals surface area (Å²) < 4.78 is 12.4. The number of hydrogen-bond donors (Lipinski definition) is 3. The number of aromatic nitrogens is 2. The summed E-state index contributed by atoms with van der Waals surface area (Å²) in [5.41, 5.74) is 2.57. The van der Waals surface area contributed by atoms with E-state index in [2.05, 4.69) is 78.7 Å². The van der Waals surface area contributed by atoms with Crippen LogP contribution in [0.4, 0.5) is 11.6 Å². The summed E-state index contributed by atoms with van der Waals surface area (Å²) in [6.45, 7) is 11.5. The van der Waals surface area contributed by atoms with E-state index in [1.165, 1.54) is 11.1 Å². The van der Waals surface area contributed by atoms with Crippen molar-refractivity contribution in [2.24, 2.45) is 5.92 Å². The summed E-state index contributed by atoms with van der Waals surface area (Å²) in [6, 6.07) is 10.7. The fraction of sp³-hybridized carbons (Fsp3) is 0.615. The highest BCUT2D eigenvalue weighted by molar-refractivity contribution is 6.74. The summed E-state index contributed by atoms with van der Waals surface area (Å²) in [4.78, 5) is 8.93. The third-order valence-electron chi connectivity index (χ3n) is 7.92. The zero-order valence-electron chi connectivity index (χ0n) is 21.3. The molecule has 2 aliphatic rings. The second-order valence-corrected chi connectivity index (χ2v) is 16.0. The van der Waals surface area contributed by atoms with Gasteiger partial charge in [0.25, 0.3) is 0 Å². The second-order valence-electron chi connectivity index (χ2n) is 11.3. The summed E-state index contributed by atoms with van der Waals surface area (Å²) in [5.74, 6) is 1.70. The van der Waals surface area contributed by atoms with Crippen molar-refractivity contribution in [1.82, 2.24) is 9.97 Å². The lowest BCUT2D eigenvalue weighted by Crippen LogP contribution is -2.45. The molecule has 1 heterocycles. The predicted octanol–water partition coefficient (Wildman–Crippen LogP) is 4.77. The van der Waals surface area contributed by atoms with E-state index in [1.54, 1.807) is 13.4 Å². The molecule has 1 aromatic carbocycles.